The van der Waals surface area contributed by atoms with Gasteiger partial charge in [0.25, 0.3) is 5.78 Å². The summed E-state index contributed by atoms with van der Waals surface area (Å²) in [5, 5.41) is 0.916. The molecule has 2 heterocycles. The highest BCUT2D eigenvalue weighted by molar-refractivity contribution is 6.07. The van der Waals surface area contributed by atoms with Crippen molar-refractivity contribution in [1.29, 1.82) is 0 Å². The first-order valence-electron chi connectivity index (χ1n) is 5.34. The molecule has 0 fully saturated rings. The number of carbonyl (C=O) groups is 1. The lowest BCUT2D eigenvalue weighted by atomic mass is 10.2. The molecule has 0 saturated carbocycles. The smallest absolute Gasteiger partial charge is 0.263 e. The molecule has 0 aliphatic carbocycles. The summed E-state index contributed by atoms with van der Waals surface area (Å²) >= 11 is 0. The fraction of sp³-hybridized carbons (Fsp3) is 0.0714. The molecule has 0 aliphatic rings. The van der Waals surface area contributed by atoms with Crippen molar-refractivity contribution in [3.63, 3.8) is 0 Å². The van der Waals surface area contributed by atoms with Gasteiger partial charge in [0.05, 0.1) is 0 Å². The maximum atomic E-state index is 12.0. The van der Waals surface area contributed by atoms with Gasteiger partial charge in [-0.05, 0) is 31.2 Å². The molecule has 0 radical (unpaired) electrons. The minimum Gasteiger partial charge on any atom is -0.458 e. The molecular formula is C14H10O3. The van der Waals surface area contributed by atoms with E-state index in [0.717, 1.165) is 5.39 Å². The molecule has 0 aliphatic heterocycles. The van der Waals surface area contributed by atoms with Crippen molar-refractivity contribution in [1.82, 2.24) is 0 Å². The fourth-order valence-corrected chi connectivity index (χ4v) is 1.77. The van der Waals surface area contributed by atoms with E-state index in [1.54, 1.807) is 25.1 Å². The SMILES string of the molecule is Cc1ccc(C(=O)c2cc3ccccc3o2)o1. The van der Waals surface area contributed by atoms with Crippen molar-refractivity contribution < 1.29 is 13.6 Å². The Hall–Kier alpha value is -2.29. The van der Waals surface area contributed by atoms with Crippen molar-refractivity contribution in [3.05, 3.63) is 59.7 Å². The van der Waals surface area contributed by atoms with Gasteiger partial charge < -0.3 is 8.83 Å². The largest absolute Gasteiger partial charge is 0.458 e. The molecule has 3 nitrogen and oxygen atoms in total. The molecule has 2 aromatic heterocycles. The number of fused-ring (bicyclic) bond motifs is 1. The fourth-order valence-electron chi connectivity index (χ4n) is 1.77. The average Bonchev–Trinajstić information content (AvgIpc) is 2.93. The molecule has 0 amide bonds. The molecule has 0 bridgehead atoms. The Kier molecular flexibility index (Phi) is 2.11. The predicted octanol–water partition coefficient (Wildman–Crippen LogP) is 3.57. The van der Waals surface area contributed by atoms with E-state index in [4.69, 9.17) is 8.83 Å². The van der Waals surface area contributed by atoms with Crippen molar-refractivity contribution in [3.8, 4) is 0 Å². The molecule has 1 aromatic carbocycles. The molecular weight excluding hydrogens is 216 g/mol. The van der Waals surface area contributed by atoms with Gasteiger partial charge in [-0.15, -0.1) is 0 Å². The Morgan fingerprint density at radius 2 is 1.82 bits per heavy atom. The van der Waals surface area contributed by atoms with Crippen molar-refractivity contribution >= 4 is 16.8 Å². The summed E-state index contributed by atoms with van der Waals surface area (Å²) in [6.07, 6.45) is 0. The van der Waals surface area contributed by atoms with E-state index >= 15 is 0 Å². The maximum absolute atomic E-state index is 12.0. The van der Waals surface area contributed by atoms with E-state index in [-0.39, 0.29) is 5.78 Å². The quantitative estimate of drug-likeness (QED) is 0.627. The molecule has 17 heavy (non-hydrogen) atoms. The van der Waals surface area contributed by atoms with Gasteiger partial charge in [-0.1, -0.05) is 18.2 Å². The van der Waals surface area contributed by atoms with E-state index < -0.39 is 0 Å². The zero-order valence-electron chi connectivity index (χ0n) is 9.27. The summed E-state index contributed by atoms with van der Waals surface area (Å²) in [6.45, 7) is 1.80. The van der Waals surface area contributed by atoms with Crippen LogP contribution in [0.25, 0.3) is 11.0 Å². The van der Waals surface area contributed by atoms with E-state index in [0.29, 0.717) is 22.9 Å². The molecule has 3 rings (SSSR count). The van der Waals surface area contributed by atoms with E-state index in [9.17, 15) is 4.79 Å². The third-order valence-electron chi connectivity index (χ3n) is 2.61. The van der Waals surface area contributed by atoms with Crippen LogP contribution >= 0.6 is 0 Å². The summed E-state index contributed by atoms with van der Waals surface area (Å²) in [5.74, 6) is 1.10. The van der Waals surface area contributed by atoms with Gasteiger partial charge in [0, 0.05) is 5.39 Å². The number of aryl methyl sites for hydroxylation is 1. The topological polar surface area (TPSA) is 43.4 Å². The molecule has 3 heteroatoms. The first-order valence-corrected chi connectivity index (χ1v) is 5.34. The van der Waals surface area contributed by atoms with Crippen molar-refractivity contribution in [2.45, 2.75) is 6.92 Å². The Labute approximate surface area is 97.7 Å². The van der Waals surface area contributed by atoms with Gasteiger partial charge in [0.1, 0.15) is 11.3 Å². The van der Waals surface area contributed by atoms with Crippen LogP contribution in [-0.2, 0) is 0 Å². The standard InChI is InChI=1S/C14H10O3/c1-9-6-7-12(16-9)14(15)13-8-10-4-2-3-5-11(10)17-13/h2-8H,1H3. The second-order valence-electron chi connectivity index (χ2n) is 3.89. The molecule has 0 atom stereocenters. The van der Waals surface area contributed by atoms with Gasteiger partial charge in [-0.3, -0.25) is 4.79 Å². The summed E-state index contributed by atoms with van der Waals surface area (Å²) in [6, 6.07) is 12.7. The first kappa shape index (κ1) is 9.90. The molecule has 3 aromatic rings. The van der Waals surface area contributed by atoms with Gasteiger partial charge in [0.15, 0.2) is 11.5 Å². The van der Waals surface area contributed by atoms with E-state index in [2.05, 4.69) is 0 Å². The Balaban J connectivity index is 2.06. The Bertz CT molecular complexity index is 655. The minimum absolute atomic E-state index is 0.228. The number of hydrogen-bond donors (Lipinski definition) is 0. The second-order valence-corrected chi connectivity index (χ2v) is 3.89. The molecule has 0 N–H and O–H groups in total. The normalized spacial score (nSPS) is 10.9. The van der Waals surface area contributed by atoms with Crippen LogP contribution < -0.4 is 0 Å². The van der Waals surface area contributed by atoms with Gasteiger partial charge in [0.2, 0.25) is 0 Å². The van der Waals surface area contributed by atoms with E-state index in [1.165, 1.54) is 0 Å². The van der Waals surface area contributed by atoms with E-state index in [1.807, 2.05) is 24.3 Å². The summed E-state index contributed by atoms with van der Waals surface area (Å²) in [4.78, 5) is 12.0. The zero-order chi connectivity index (χ0) is 11.8. The number of furan rings is 2. The molecule has 0 saturated heterocycles. The minimum atomic E-state index is -0.228. The summed E-state index contributed by atoms with van der Waals surface area (Å²) in [5.41, 5.74) is 0.708. The Morgan fingerprint density at radius 1 is 1.00 bits per heavy atom. The monoisotopic (exact) mass is 226 g/mol. The van der Waals surface area contributed by atoms with Crippen LogP contribution in [0.4, 0.5) is 0 Å². The highest BCUT2D eigenvalue weighted by Crippen LogP contribution is 2.21. The first-order chi connectivity index (χ1) is 8.24. The van der Waals surface area contributed by atoms with Crippen LogP contribution in [-0.4, -0.2) is 5.78 Å². The average molecular weight is 226 g/mol. The van der Waals surface area contributed by atoms with Crippen LogP contribution in [0.3, 0.4) is 0 Å². The summed E-state index contributed by atoms with van der Waals surface area (Å²) in [7, 11) is 0. The van der Waals surface area contributed by atoms with Gasteiger partial charge in [-0.2, -0.15) is 0 Å². The Morgan fingerprint density at radius 3 is 2.53 bits per heavy atom. The van der Waals surface area contributed by atoms with Crippen molar-refractivity contribution in [2.75, 3.05) is 0 Å². The number of ketones is 1. The van der Waals surface area contributed by atoms with Crippen molar-refractivity contribution in [2.24, 2.45) is 0 Å². The number of para-hydroxylation sites is 1. The molecule has 0 unspecified atom stereocenters. The lowest BCUT2D eigenvalue weighted by molar-refractivity contribution is 0.0984. The number of benzene rings is 1. The predicted molar refractivity (Wildman–Crippen MR) is 63.1 cm³/mol. The van der Waals surface area contributed by atoms with Crippen LogP contribution in [0.15, 0.2) is 51.3 Å². The lowest BCUT2D eigenvalue weighted by Gasteiger charge is -1.90. The van der Waals surface area contributed by atoms with Gasteiger partial charge >= 0.3 is 0 Å². The maximum Gasteiger partial charge on any atom is 0.263 e. The van der Waals surface area contributed by atoms with Crippen LogP contribution in [0.5, 0.6) is 0 Å². The number of carbonyl (C=O) groups excluding carboxylic acids is 1. The number of rotatable bonds is 2. The van der Waals surface area contributed by atoms with Crippen LogP contribution in [0, 0.1) is 6.92 Å². The van der Waals surface area contributed by atoms with Crippen LogP contribution in [0.1, 0.15) is 22.1 Å². The third-order valence-corrected chi connectivity index (χ3v) is 2.61. The lowest BCUT2D eigenvalue weighted by Crippen LogP contribution is -1.96. The highest BCUT2D eigenvalue weighted by Gasteiger charge is 2.17. The second kappa shape index (κ2) is 3.63. The van der Waals surface area contributed by atoms with Crippen LogP contribution in [0.2, 0.25) is 0 Å². The number of hydrogen-bond acceptors (Lipinski definition) is 3. The zero-order valence-corrected chi connectivity index (χ0v) is 9.27. The molecule has 0 spiro atoms. The third kappa shape index (κ3) is 1.65. The molecule has 84 valence electrons. The summed E-state index contributed by atoms with van der Waals surface area (Å²) < 4.78 is 10.8. The highest BCUT2D eigenvalue weighted by atomic mass is 16.4. The van der Waals surface area contributed by atoms with Gasteiger partial charge in [-0.25, -0.2) is 0 Å².